The third kappa shape index (κ3) is 6.10. The molecule has 0 aliphatic heterocycles. The third-order valence-corrected chi connectivity index (χ3v) is 6.33. The second-order valence-electron chi connectivity index (χ2n) is 7.84. The monoisotopic (exact) mass is 607 g/mol. The first-order valence-corrected chi connectivity index (χ1v) is 12.8. The number of nitrogens with zero attached hydrogens (tertiary/aromatic N) is 3. The summed E-state index contributed by atoms with van der Waals surface area (Å²) in [5, 5.41) is 4.97. The zero-order valence-electron chi connectivity index (χ0n) is 20.2. The van der Waals surface area contributed by atoms with E-state index >= 15 is 0 Å². The highest BCUT2D eigenvalue weighted by Crippen LogP contribution is 2.35. The second kappa shape index (κ2) is 11.8. The van der Waals surface area contributed by atoms with Crippen molar-refractivity contribution in [3.63, 3.8) is 0 Å². The molecule has 3 rings (SSSR count). The number of benzene rings is 2. The van der Waals surface area contributed by atoms with Crippen molar-refractivity contribution in [2.75, 3.05) is 13.7 Å². The molecule has 0 saturated heterocycles. The lowest BCUT2D eigenvalue weighted by Crippen LogP contribution is -2.27. The Kier molecular flexibility index (Phi) is 9.07. The highest BCUT2D eigenvalue weighted by Gasteiger charge is 2.21. The van der Waals surface area contributed by atoms with E-state index < -0.39 is 12.1 Å². The van der Waals surface area contributed by atoms with E-state index in [9.17, 15) is 9.59 Å². The van der Waals surface area contributed by atoms with Crippen molar-refractivity contribution in [3.05, 3.63) is 61.0 Å². The molecule has 0 spiro atoms. The van der Waals surface area contributed by atoms with E-state index in [0.29, 0.717) is 38.3 Å². The van der Waals surface area contributed by atoms with Gasteiger partial charge in [0.2, 0.25) is 0 Å². The normalized spacial score (nSPS) is 13.1. The largest absolute Gasteiger partial charge is 0.493 e. The van der Waals surface area contributed by atoms with Crippen molar-refractivity contribution in [2.45, 2.75) is 46.1 Å². The number of halogens is 2. The highest BCUT2D eigenvalue weighted by molar-refractivity contribution is 9.10. The molecule has 0 amide bonds. The molecule has 186 valence electrons. The number of esters is 1. The van der Waals surface area contributed by atoms with Crippen LogP contribution in [0, 0.1) is 0 Å². The lowest BCUT2D eigenvalue weighted by Gasteiger charge is -2.18. The summed E-state index contributed by atoms with van der Waals surface area (Å²) in [7, 11) is 1.50. The molecule has 0 saturated carbocycles. The van der Waals surface area contributed by atoms with Gasteiger partial charge in [-0.2, -0.15) is 9.78 Å². The molecule has 0 unspecified atom stereocenters. The van der Waals surface area contributed by atoms with Crippen LogP contribution in [0.1, 0.15) is 51.4 Å². The van der Waals surface area contributed by atoms with Gasteiger partial charge in [-0.25, -0.2) is 9.78 Å². The minimum Gasteiger partial charge on any atom is -0.493 e. The quantitative estimate of drug-likeness (QED) is 0.230. The zero-order chi connectivity index (χ0) is 25.7. The van der Waals surface area contributed by atoms with Gasteiger partial charge < -0.3 is 14.2 Å². The first-order valence-electron chi connectivity index (χ1n) is 11.2. The van der Waals surface area contributed by atoms with Crippen molar-refractivity contribution in [1.82, 2.24) is 9.66 Å². The van der Waals surface area contributed by atoms with Crippen LogP contribution in [0.25, 0.3) is 10.9 Å². The van der Waals surface area contributed by atoms with Crippen molar-refractivity contribution < 1.29 is 19.0 Å². The Balaban J connectivity index is 2.16. The van der Waals surface area contributed by atoms with E-state index in [2.05, 4.69) is 37.0 Å². The van der Waals surface area contributed by atoms with Gasteiger partial charge in [0.05, 0.1) is 30.8 Å². The summed E-state index contributed by atoms with van der Waals surface area (Å²) in [5.74, 6) is 0.735. The average molecular weight is 609 g/mol. The molecule has 2 atom stereocenters. The Hall–Kier alpha value is -2.72. The fourth-order valence-corrected chi connectivity index (χ4v) is 4.16. The van der Waals surface area contributed by atoms with Crippen molar-refractivity contribution in [2.24, 2.45) is 5.10 Å². The lowest BCUT2D eigenvalue weighted by atomic mass is 10.1. The number of ether oxygens (including phenoxy) is 3. The van der Waals surface area contributed by atoms with Gasteiger partial charge in [-0.05, 0) is 50.6 Å². The Morgan fingerprint density at radius 1 is 1.17 bits per heavy atom. The standard InChI is InChI=1S/C25H27Br2N3O5/c1-6-14(3)23-29-20-9-8-17(26)11-19(20)24(31)30(23)28-13-16-10-18(27)12-21(33-5)22(16)35-15(4)25(32)34-7-2/h8-15H,6-7H2,1-5H3/t14-,15-/m1/s1. The van der Waals surface area contributed by atoms with E-state index in [1.807, 2.05) is 26.0 Å². The van der Waals surface area contributed by atoms with Crippen LogP contribution in [0.5, 0.6) is 11.5 Å². The lowest BCUT2D eigenvalue weighted by molar-refractivity contribution is -0.150. The maximum Gasteiger partial charge on any atom is 0.347 e. The van der Waals surface area contributed by atoms with E-state index in [-0.39, 0.29) is 18.1 Å². The van der Waals surface area contributed by atoms with Gasteiger partial charge in [0.15, 0.2) is 17.6 Å². The third-order valence-electron chi connectivity index (χ3n) is 5.38. The number of hydrogen-bond donors (Lipinski definition) is 0. The van der Waals surface area contributed by atoms with Gasteiger partial charge in [-0.1, -0.05) is 45.7 Å². The molecule has 1 heterocycles. The van der Waals surface area contributed by atoms with E-state index in [1.165, 1.54) is 18.0 Å². The molecule has 3 aromatic rings. The number of hydrogen-bond acceptors (Lipinski definition) is 7. The molecule has 0 radical (unpaired) electrons. The van der Waals surface area contributed by atoms with Crippen LogP contribution in [0.2, 0.25) is 0 Å². The van der Waals surface area contributed by atoms with Crippen LogP contribution in [0.4, 0.5) is 0 Å². The van der Waals surface area contributed by atoms with Crippen LogP contribution in [0.15, 0.2) is 49.2 Å². The smallest absolute Gasteiger partial charge is 0.347 e. The number of methoxy groups -OCH3 is 1. The summed E-state index contributed by atoms with van der Waals surface area (Å²) in [5.41, 5.74) is 0.826. The molecule has 2 aromatic carbocycles. The number of carbonyl (C=O) groups excluding carboxylic acids is 1. The van der Waals surface area contributed by atoms with Gasteiger partial charge in [-0.15, -0.1) is 0 Å². The topological polar surface area (TPSA) is 92.0 Å². The molecule has 0 fully saturated rings. The molecule has 8 nitrogen and oxygen atoms in total. The van der Waals surface area contributed by atoms with E-state index in [0.717, 1.165) is 10.9 Å². The van der Waals surface area contributed by atoms with Gasteiger partial charge in [0, 0.05) is 20.4 Å². The zero-order valence-corrected chi connectivity index (χ0v) is 23.3. The van der Waals surface area contributed by atoms with Crippen molar-refractivity contribution in [3.8, 4) is 11.5 Å². The van der Waals surface area contributed by atoms with Gasteiger partial charge in [-0.3, -0.25) is 4.79 Å². The molecular weight excluding hydrogens is 582 g/mol. The van der Waals surface area contributed by atoms with E-state index in [1.54, 1.807) is 32.0 Å². The molecule has 35 heavy (non-hydrogen) atoms. The molecule has 0 aliphatic rings. The van der Waals surface area contributed by atoms with Crippen molar-refractivity contribution in [1.29, 1.82) is 0 Å². The summed E-state index contributed by atoms with van der Waals surface area (Å²) in [6, 6.07) is 8.87. The van der Waals surface area contributed by atoms with Crippen LogP contribution in [0.3, 0.4) is 0 Å². The van der Waals surface area contributed by atoms with E-state index in [4.69, 9.17) is 19.2 Å². The highest BCUT2D eigenvalue weighted by atomic mass is 79.9. The molecule has 0 aliphatic carbocycles. The molecular formula is C25H27Br2N3O5. The molecule has 0 N–H and O–H groups in total. The number of carbonyl (C=O) groups is 1. The molecule has 1 aromatic heterocycles. The van der Waals surface area contributed by atoms with Crippen LogP contribution in [-0.4, -0.2) is 41.7 Å². The van der Waals surface area contributed by atoms with Crippen LogP contribution >= 0.6 is 31.9 Å². The number of rotatable bonds is 9. The Bertz CT molecular complexity index is 1320. The predicted octanol–water partition coefficient (Wildman–Crippen LogP) is 5.66. The van der Waals surface area contributed by atoms with Gasteiger partial charge >= 0.3 is 5.97 Å². The van der Waals surface area contributed by atoms with Gasteiger partial charge in [0.25, 0.3) is 5.56 Å². The Labute approximate surface area is 220 Å². The fourth-order valence-electron chi connectivity index (χ4n) is 3.35. The maximum absolute atomic E-state index is 13.4. The summed E-state index contributed by atoms with van der Waals surface area (Å²) >= 11 is 6.88. The summed E-state index contributed by atoms with van der Waals surface area (Å²) in [6.07, 6.45) is 1.40. The molecule has 10 heteroatoms. The maximum atomic E-state index is 13.4. The SMILES string of the molecule is CCOC(=O)[C@@H](C)Oc1c(C=Nn2c([C@H](C)CC)nc3ccc(Br)cc3c2=O)cc(Br)cc1OC. The minimum atomic E-state index is -0.879. The minimum absolute atomic E-state index is 0.00972. The summed E-state index contributed by atoms with van der Waals surface area (Å²) in [6.45, 7) is 7.59. The first kappa shape index (κ1) is 26.9. The van der Waals surface area contributed by atoms with Crippen molar-refractivity contribution >= 4 is 54.9 Å². The predicted molar refractivity (Wildman–Crippen MR) is 143 cm³/mol. The Morgan fingerprint density at radius 2 is 1.91 bits per heavy atom. The Morgan fingerprint density at radius 3 is 2.57 bits per heavy atom. The molecule has 0 bridgehead atoms. The van der Waals surface area contributed by atoms with Crippen LogP contribution in [-0.2, 0) is 9.53 Å². The first-order chi connectivity index (χ1) is 16.7. The summed E-state index contributed by atoms with van der Waals surface area (Å²) < 4.78 is 19.3. The second-order valence-corrected chi connectivity index (χ2v) is 9.67. The number of fused-ring (bicyclic) bond motifs is 1. The number of aromatic nitrogens is 2. The summed E-state index contributed by atoms with van der Waals surface area (Å²) in [4.78, 5) is 30.3. The fraction of sp³-hybridized carbons (Fsp3) is 0.360. The van der Waals surface area contributed by atoms with Gasteiger partial charge in [0.1, 0.15) is 5.82 Å². The average Bonchev–Trinajstić information content (AvgIpc) is 2.84. The van der Waals surface area contributed by atoms with Crippen LogP contribution < -0.4 is 15.0 Å².